The summed E-state index contributed by atoms with van der Waals surface area (Å²) in [6.45, 7) is 2.67. The molecule has 2 aromatic carbocycles. The summed E-state index contributed by atoms with van der Waals surface area (Å²) < 4.78 is 0.876. The van der Waals surface area contributed by atoms with E-state index in [9.17, 15) is 4.79 Å². The summed E-state index contributed by atoms with van der Waals surface area (Å²) in [5.41, 5.74) is 3.07. The van der Waals surface area contributed by atoms with Gasteiger partial charge in [0.2, 0.25) is 0 Å². The molecule has 3 heteroatoms. The van der Waals surface area contributed by atoms with Crippen molar-refractivity contribution in [2.45, 2.75) is 19.8 Å². The van der Waals surface area contributed by atoms with Crippen LogP contribution in [0.3, 0.4) is 0 Å². The van der Waals surface area contributed by atoms with Gasteiger partial charge in [-0.2, -0.15) is 0 Å². The summed E-state index contributed by atoms with van der Waals surface area (Å²) in [4.78, 5) is 12.1. The first-order chi connectivity index (χ1) is 9.68. The van der Waals surface area contributed by atoms with E-state index >= 15 is 0 Å². The zero-order valence-corrected chi connectivity index (χ0v) is 13.1. The lowest BCUT2D eigenvalue weighted by Crippen LogP contribution is -2.25. The second-order valence-electron chi connectivity index (χ2n) is 4.78. The van der Waals surface area contributed by atoms with Crippen LogP contribution in [-0.2, 0) is 6.42 Å². The maximum Gasteiger partial charge on any atom is 0.252 e. The number of benzene rings is 2. The summed E-state index contributed by atoms with van der Waals surface area (Å²) >= 11 is 3.47. The van der Waals surface area contributed by atoms with E-state index in [1.54, 1.807) is 0 Å². The van der Waals surface area contributed by atoms with E-state index < -0.39 is 0 Å². The van der Waals surface area contributed by atoms with Crippen LogP contribution in [0.4, 0.5) is 0 Å². The molecular weight excluding hydrogens is 314 g/mol. The Balaban J connectivity index is 1.82. The summed E-state index contributed by atoms with van der Waals surface area (Å²) in [6.07, 6.45) is 1.93. The Morgan fingerprint density at radius 3 is 2.60 bits per heavy atom. The van der Waals surface area contributed by atoms with E-state index in [4.69, 9.17) is 0 Å². The maximum atomic E-state index is 12.1. The van der Waals surface area contributed by atoms with Gasteiger partial charge in [-0.05, 0) is 52.9 Å². The minimum Gasteiger partial charge on any atom is -0.352 e. The highest BCUT2D eigenvalue weighted by Gasteiger charge is 2.10. The van der Waals surface area contributed by atoms with E-state index in [-0.39, 0.29) is 5.91 Å². The van der Waals surface area contributed by atoms with Crippen LogP contribution >= 0.6 is 15.9 Å². The standard InChI is InChI=1S/C17H18BrNO/c1-13-7-5-11-15(16(13)18)17(20)19-12-6-10-14-8-3-2-4-9-14/h2-5,7-9,11H,6,10,12H2,1H3,(H,19,20). The summed E-state index contributed by atoms with van der Waals surface area (Å²) in [5.74, 6) is -0.0198. The molecule has 0 atom stereocenters. The van der Waals surface area contributed by atoms with Crippen molar-refractivity contribution in [1.82, 2.24) is 5.32 Å². The van der Waals surface area contributed by atoms with Crippen molar-refractivity contribution in [3.63, 3.8) is 0 Å². The van der Waals surface area contributed by atoms with Crippen molar-refractivity contribution in [2.75, 3.05) is 6.54 Å². The van der Waals surface area contributed by atoms with Crippen LogP contribution in [0.25, 0.3) is 0 Å². The molecule has 20 heavy (non-hydrogen) atoms. The van der Waals surface area contributed by atoms with Crippen molar-refractivity contribution >= 4 is 21.8 Å². The zero-order chi connectivity index (χ0) is 14.4. The number of nitrogens with one attached hydrogen (secondary N) is 1. The molecule has 0 unspecified atom stereocenters. The molecule has 0 saturated carbocycles. The van der Waals surface area contributed by atoms with Gasteiger partial charge in [0.15, 0.2) is 0 Å². The Hall–Kier alpha value is -1.61. The number of amides is 1. The quantitative estimate of drug-likeness (QED) is 0.820. The van der Waals surface area contributed by atoms with Crippen LogP contribution in [0, 0.1) is 6.92 Å². The van der Waals surface area contributed by atoms with Crippen LogP contribution < -0.4 is 5.32 Å². The third-order valence-corrected chi connectivity index (χ3v) is 4.26. The van der Waals surface area contributed by atoms with Crippen LogP contribution in [0.15, 0.2) is 53.0 Å². The Morgan fingerprint density at radius 1 is 1.10 bits per heavy atom. The van der Waals surface area contributed by atoms with Gasteiger partial charge in [0.1, 0.15) is 0 Å². The van der Waals surface area contributed by atoms with Gasteiger partial charge in [0.05, 0.1) is 5.56 Å². The second kappa shape index (κ2) is 7.25. The van der Waals surface area contributed by atoms with Crippen LogP contribution in [0.5, 0.6) is 0 Å². The molecular formula is C17H18BrNO. The summed E-state index contributed by atoms with van der Waals surface area (Å²) in [5, 5.41) is 2.97. The molecule has 1 amide bonds. The first-order valence-electron chi connectivity index (χ1n) is 6.75. The number of rotatable bonds is 5. The molecule has 0 aromatic heterocycles. The van der Waals surface area contributed by atoms with Gasteiger partial charge in [0.25, 0.3) is 5.91 Å². The minimum atomic E-state index is -0.0198. The lowest BCUT2D eigenvalue weighted by atomic mass is 10.1. The molecule has 2 aromatic rings. The normalized spacial score (nSPS) is 10.3. The van der Waals surface area contributed by atoms with Crippen LogP contribution in [-0.4, -0.2) is 12.5 Å². The predicted molar refractivity (Wildman–Crippen MR) is 86.0 cm³/mol. The fraction of sp³-hybridized carbons (Fsp3) is 0.235. The number of carbonyl (C=O) groups is 1. The van der Waals surface area contributed by atoms with E-state index in [1.165, 1.54) is 5.56 Å². The van der Waals surface area contributed by atoms with Gasteiger partial charge in [-0.3, -0.25) is 4.79 Å². The molecule has 2 rings (SSSR count). The zero-order valence-electron chi connectivity index (χ0n) is 11.5. The van der Waals surface area contributed by atoms with Crippen molar-refractivity contribution < 1.29 is 4.79 Å². The first kappa shape index (κ1) is 14.8. The smallest absolute Gasteiger partial charge is 0.252 e. The highest BCUT2D eigenvalue weighted by Crippen LogP contribution is 2.20. The van der Waals surface area contributed by atoms with Gasteiger partial charge < -0.3 is 5.32 Å². The van der Waals surface area contributed by atoms with Crippen LogP contribution in [0.1, 0.15) is 27.9 Å². The molecule has 104 valence electrons. The lowest BCUT2D eigenvalue weighted by molar-refractivity contribution is 0.0952. The topological polar surface area (TPSA) is 29.1 Å². The molecule has 0 aliphatic heterocycles. The number of halogens is 1. The van der Waals surface area contributed by atoms with Gasteiger partial charge in [-0.15, -0.1) is 0 Å². The number of carbonyl (C=O) groups excluding carboxylic acids is 1. The van der Waals surface area contributed by atoms with Crippen molar-refractivity contribution in [2.24, 2.45) is 0 Å². The van der Waals surface area contributed by atoms with E-state index in [1.807, 2.05) is 43.3 Å². The third kappa shape index (κ3) is 3.94. The Morgan fingerprint density at radius 2 is 1.85 bits per heavy atom. The highest BCUT2D eigenvalue weighted by atomic mass is 79.9. The predicted octanol–water partition coefficient (Wildman–Crippen LogP) is 4.12. The average Bonchev–Trinajstić information content (AvgIpc) is 2.47. The largest absolute Gasteiger partial charge is 0.352 e. The van der Waals surface area contributed by atoms with Crippen LogP contribution in [0.2, 0.25) is 0 Å². The van der Waals surface area contributed by atoms with Crippen molar-refractivity contribution in [3.8, 4) is 0 Å². The maximum absolute atomic E-state index is 12.1. The fourth-order valence-electron chi connectivity index (χ4n) is 2.06. The fourth-order valence-corrected chi connectivity index (χ4v) is 2.50. The molecule has 0 aliphatic rings. The van der Waals surface area contributed by atoms with Gasteiger partial charge in [-0.25, -0.2) is 0 Å². The Bertz CT molecular complexity index is 581. The molecule has 0 spiro atoms. The SMILES string of the molecule is Cc1cccc(C(=O)NCCCc2ccccc2)c1Br. The molecule has 1 N–H and O–H groups in total. The van der Waals surface area contributed by atoms with Crippen molar-refractivity contribution in [3.05, 3.63) is 69.7 Å². The van der Waals surface area contributed by atoms with Gasteiger partial charge >= 0.3 is 0 Å². The number of hydrogen-bond acceptors (Lipinski definition) is 1. The Kier molecular flexibility index (Phi) is 5.36. The second-order valence-corrected chi connectivity index (χ2v) is 5.57. The van der Waals surface area contributed by atoms with Gasteiger partial charge in [-0.1, -0.05) is 42.5 Å². The highest BCUT2D eigenvalue weighted by molar-refractivity contribution is 9.10. The monoisotopic (exact) mass is 331 g/mol. The number of aryl methyl sites for hydroxylation is 2. The third-order valence-electron chi connectivity index (χ3n) is 3.21. The molecule has 0 saturated heterocycles. The summed E-state index contributed by atoms with van der Waals surface area (Å²) in [6, 6.07) is 16.0. The summed E-state index contributed by atoms with van der Waals surface area (Å²) in [7, 11) is 0. The molecule has 0 heterocycles. The minimum absolute atomic E-state index is 0.0198. The van der Waals surface area contributed by atoms with E-state index in [2.05, 4.69) is 33.4 Å². The molecule has 0 aliphatic carbocycles. The number of hydrogen-bond donors (Lipinski definition) is 1. The molecule has 0 fully saturated rings. The van der Waals surface area contributed by atoms with Gasteiger partial charge in [0, 0.05) is 11.0 Å². The van der Waals surface area contributed by atoms with E-state index in [0.717, 1.165) is 22.9 Å². The lowest BCUT2D eigenvalue weighted by Gasteiger charge is -2.08. The molecule has 0 radical (unpaired) electrons. The molecule has 0 bridgehead atoms. The van der Waals surface area contributed by atoms with Crippen molar-refractivity contribution in [1.29, 1.82) is 0 Å². The average molecular weight is 332 g/mol. The van der Waals surface area contributed by atoms with E-state index in [0.29, 0.717) is 12.1 Å². The first-order valence-corrected chi connectivity index (χ1v) is 7.55. The molecule has 2 nitrogen and oxygen atoms in total. The Labute approximate surface area is 128 Å².